The second-order valence-corrected chi connectivity index (χ2v) is 4.28. The number of H-pyrrole nitrogens is 1. The molecule has 0 aliphatic carbocycles. The van der Waals surface area contributed by atoms with Gasteiger partial charge in [-0.25, -0.2) is 4.79 Å². The number of benzene rings is 1. The molecule has 0 fully saturated rings. The van der Waals surface area contributed by atoms with E-state index in [9.17, 15) is 27.6 Å². The Balaban J connectivity index is 2.74. The van der Waals surface area contributed by atoms with E-state index in [1.807, 2.05) is 0 Å². The number of Topliss-reactive ketones (excluding diaryl/α,β-unsaturated/α-hetero) is 1. The molecule has 1 N–H and O–H groups in total. The number of carbonyl (C=O) groups is 1. The number of alkyl halides is 3. The Labute approximate surface area is 109 Å². The summed E-state index contributed by atoms with van der Waals surface area (Å²) in [6.07, 6.45) is -4.57. The average molecular weight is 286 g/mol. The monoisotopic (exact) mass is 286 g/mol. The fourth-order valence-corrected chi connectivity index (χ4v) is 1.80. The number of nitrogens with one attached hydrogen (secondary N) is 1. The standard InChI is InChI=1S/C12H9F3N2O3/c1-6(18)5-17-10(19)8-3-2-7(12(13,14)15)4-9(8)16-11(17)20/h2-4H,5H2,1H3,(H,16,20). The van der Waals surface area contributed by atoms with Gasteiger partial charge in [0.05, 0.1) is 23.0 Å². The Morgan fingerprint density at radius 3 is 2.50 bits per heavy atom. The Bertz CT molecular complexity index is 802. The van der Waals surface area contributed by atoms with Crippen molar-refractivity contribution >= 4 is 16.7 Å². The number of carbonyl (C=O) groups excluding carboxylic acids is 1. The van der Waals surface area contributed by atoms with Gasteiger partial charge in [0.25, 0.3) is 5.56 Å². The third-order valence-electron chi connectivity index (χ3n) is 2.69. The summed E-state index contributed by atoms with van der Waals surface area (Å²) in [5.41, 5.74) is -2.90. The lowest BCUT2D eigenvalue weighted by Gasteiger charge is -2.08. The van der Waals surface area contributed by atoms with Crippen LogP contribution in [0.3, 0.4) is 0 Å². The third kappa shape index (κ3) is 2.49. The van der Waals surface area contributed by atoms with E-state index in [0.29, 0.717) is 10.6 Å². The molecule has 2 rings (SSSR count). The maximum atomic E-state index is 12.5. The first-order chi connectivity index (χ1) is 9.20. The minimum absolute atomic E-state index is 0.0844. The molecule has 0 radical (unpaired) electrons. The van der Waals surface area contributed by atoms with Crippen LogP contribution in [-0.4, -0.2) is 15.3 Å². The van der Waals surface area contributed by atoms with Crippen molar-refractivity contribution in [3.63, 3.8) is 0 Å². The number of aromatic amines is 1. The van der Waals surface area contributed by atoms with E-state index < -0.39 is 35.3 Å². The zero-order valence-corrected chi connectivity index (χ0v) is 10.2. The van der Waals surface area contributed by atoms with Crippen LogP contribution in [0.1, 0.15) is 12.5 Å². The van der Waals surface area contributed by atoms with Crippen molar-refractivity contribution in [2.75, 3.05) is 0 Å². The first-order valence-corrected chi connectivity index (χ1v) is 5.53. The number of fused-ring (bicyclic) bond motifs is 1. The lowest BCUT2D eigenvalue weighted by Crippen LogP contribution is -2.36. The van der Waals surface area contributed by atoms with Crippen LogP contribution in [0.15, 0.2) is 27.8 Å². The van der Waals surface area contributed by atoms with Gasteiger partial charge in [-0.15, -0.1) is 0 Å². The molecule has 0 saturated heterocycles. The average Bonchev–Trinajstić information content (AvgIpc) is 2.32. The van der Waals surface area contributed by atoms with Crippen molar-refractivity contribution in [2.24, 2.45) is 0 Å². The summed E-state index contributed by atoms with van der Waals surface area (Å²) in [7, 11) is 0. The van der Waals surface area contributed by atoms with Gasteiger partial charge in [-0.3, -0.25) is 14.2 Å². The van der Waals surface area contributed by atoms with Crippen LogP contribution in [-0.2, 0) is 17.5 Å². The summed E-state index contributed by atoms with van der Waals surface area (Å²) in [4.78, 5) is 36.7. The number of rotatable bonds is 2. The number of hydrogen-bond donors (Lipinski definition) is 1. The normalized spacial score (nSPS) is 11.8. The topological polar surface area (TPSA) is 71.9 Å². The second-order valence-electron chi connectivity index (χ2n) is 4.28. The van der Waals surface area contributed by atoms with Gasteiger partial charge in [-0.2, -0.15) is 13.2 Å². The van der Waals surface area contributed by atoms with Crippen LogP contribution in [0.4, 0.5) is 13.2 Å². The van der Waals surface area contributed by atoms with Gasteiger partial charge in [-0.1, -0.05) is 0 Å². The highest BCUT2D eigenvalue weighted by atomic mass is 19.4. The molecule has 1 aromatic carbocycles. The maximum Gasteiger partial charge on any atom is 0.416 e. The maximum absolute atomic E-state index is 12.5. The fourth-order valence-electron chi connectivity index (χ4n) is 1.80. The molecule has 20 heavy (non-hydrogen) atoms. The van der Waals surface area contributed by atoms with Crippen LogP contribution < -0.4 is 11.2 Å². The Morgan fingerprint density at radius 1 is 1.30 bits per heavy atom. The molecule has 0 aliphatic heterocycles. The van der Waals surface area contributed by atoms with E-state index >= 15 is 0 Å². The Kier molecular flexibility index (Phi) is 3.24. The van der Waals surface area contributed by atoms with Crippen LogP contribution in [0.2, 0.25) is 0 Å². The lowest BCUT2D eigenvalue weighted by molar-refractivity contribution is -0.137. The third-order valence-corrected chi connectivity index (χ3v) is 2.69. The van der Waals surface area contributed by atoms with E-state index in [1.165, 1.54) is 6.92 Å². The number of halogens is 3. The van der Waals surface area contributed by atoms with Gasteiger partial charge in [0, 0.05) is 0 Å². The number of hydrogen-bond acceptors (Lipinski definition) is 3. The van der Waals surface area contributed by atoms with Gasteiger partial charge >= 0.3 is 11.9 Å². The molecule has 0 atom stereocenters. The van der Waals surface area contributed by atoms with Crippen LogP contribution >= 0.6 is 0 Å². The molecule has 0 unspecified atom stereocenters. The van der Waals surface area contributed by atoms with Gasteiger partial charge in [0.1, 0.15) is 5.78 Å². The number of aromatic nitrogens is 2. The van der Waals surface area contributed by atoms with Gasteiger partial charge in [0.2, 0.25) is 0 Å². The van der Waals surface area contributed by atoms with Crippen LogP contribution in [0, 0.1) is 0 Å². The molecule has 0 saturated carbocycles. The smallest absolute Gasteiger partial charge is 0.307 e. The first kappa shape index (κ1) is 14.0. The molecule has 1 aromatic heterocycles. The molecule has 0 bridgehead atoms. The predicted molar refractivity (Wildman–Crippen MR) is 64.5 cm³/mol. The van der Waals surface area contributed by atoms with Crippen LogP contribution in [0.25, 0.3) is 10.9 Å². The molecule has 5 nitrogen and oxygen atoms in total. The first-order valence-electron chi connectivity index (χ1n) is 5.53. The number of ketones is 1. The summed E-state index contributed by atoms with van der Waals surface area (Å²) in [6.45, 7) is 0.772. The van der Waals surface area contributed by atoms with Crippen molar-refractivity contribution in [3.05, 3.63) is 44.6 Å². The molecule has 0 aliphatic rings. The number of nitrogens with zero attached hydrogens (tertiary/aromatic N) is 1. The zero-order chi connectivity index (χ0) is 15.1. The second kappa shape index (κ2) is 4.62. The van der Waals surface area contributed by atoms with Gasteiger partial charge < -0.3 is 4.98 Å². The molecular weight excluding hydrogens is 277 g/mol. The summed E-state index contributed by atoms with van der Waals surface area (Å²) in [5, 5.41) is -0.0844. The molecule has 1 heterocycles. The minimum Gasteiger partial charge on any atom is -0.307 e. The minimum atomic E-state index is -4.57. The predicted octanol–water partition coefficient (Wildman–Crippen LogP) is 1.30. The lowest BCUT2D eigenvalue weighted by atomic mass is 10.1. The molecule has 8 heteroatoms. The van der Waals surface area contributed by atoms with Crippen molar-refractivity contribution in [1.29, 1.82) is 0 Å². The van der Waals surface area contributed by atoms with Gasteiger partial charge in [0.15, 0.2) is 0 Å². The fraction of sp³-hybridized carbons (Fsp3) is 0.250. The van der Waals surface area contributed by atoms with E-state index in [4.69, 9.17) is 0 Å². The van der Waals surface area contributed by atoms with Crippen molar-refractivity contribution < 1.29 is 18.0 Å². The van der Waals surface area contributed by atoms with Crippen molar-refractivity contribution in [2.45, 2.75) is 19.6 Å². The zero-order valence-electron chi connectivity index (χ0n) is 10.2. The van der Waals surface area contributed by atoms with Gasteiger partial charge in [-0.05, 0) is 25.1 Å². The van der Waals surface area contributed by atoms with E-state index in [1.54, 1.807) is 0 Å². The molecule has 0 spiro atoms. The van der Waals surface area contributed by atoms with Crippen molar-refractivity contribution in [1.82, 2.24) is 9.55 Å². The molecule has 0 amide bonds. The largest absolute Gasteiger partial charge is 0.416 e. The SMILES string of the molecule is CC(=O)Cn1c(=O)[nH]c2cc(C(F)(F)F)ccc2c1=O. The quantitative estimate of drug-likeness (QED) is 0.904. The summed E-state index contributed by atoms with van der Waals surface area (Å²) >= 11 is 0. The highest BCUT2D eigenvalue weighted by Gasteiger charge is 2.30. The molecule has 2 aromatic rings. The summed E-state index contributed by atoms with van der Waals surface area (Å²) < 4.78 is 38.3. The van der Waals surface area contributed by atoms with E-state index in [0.717, 1.165) is 12.1 Å². The summed E-state index contributed by atoms with van der Waals surface area (Å²) in [5.74, 6) is -0.413. The Hall–Kier alpha value is -2.38. The molecule has 106 valence electrons. The highest BCUT2D eigenvalue weighted by molar-refractivity contribution is 5.79. The highest BCUT2D eigenvalue weighted by Crippen LogP contribution is 2.30. The van der Waals surface area contributed by atoms with E-state index in [-0.39, 0.29) is 10.9 Å². The van der Waals surface area contributed by atoms with Crippen molar-refractivity contribution in [3.8, 4) is 0 Å². The van der Waals surface area contributed by atoms with E-state index in [2.05, 4.69) is 4.98 Å². The molecular formula is C12H9F3N2O3. The summed E-state index contributed by atoms with van der Waals surface area (Å²) in [6, 6.07) is 2.42. The Morgan fingerprint density at radius 2 is 1.95 bits per heavy atom. The van der Waals surface area contributed by atoms with Crippen LogP contribution in [0.5, 0.6) is 0 Å².